The van der Waals surface area contributed by atoms with Crippen LogP contribution in [0.25, 0.3) is 17.1 Å². The van der Waals surface area contributed by atoms with Crippen LogP contribution in [0.2, 0.25) is 5.02 Å². The third-order valence-electron chi connectivity index (χ3n) is 7.33. The quantitative estimate of drug-likeness (QED) is 0.195. The van der Waals surface area contributed by atoms with Crippen molar-refractivity contribution in [2.24, 2.45) is 0 Å². The van der Waals surface area contributed by atoms with Gasteiger partial charge in [0.1, 0.15) is 12.2 Å². The van der Waals surface area contributed by atoms with E-state index in [1.54, 1.807) is 12.1 Å². The molecule has 2 aromatic carbocycles. The standard InChI is InChI=1S/C30H24ClF7N4O3/c31-20-12-21(24-2-1-3-25(40-24)42-27(30(36,37)38)22(14-39-42)28(43)44)26(23(32)13-20)45-15-17-4-6-18(7-5-17)19-8-10-41(11-9-19)16-29(33,34)35/h1-7,12-14,19H,8-11,15-16H2,(H,43,44). The van der Waals surface area contributed by atoms with Crippen LogP contribution in [-0.4, -0.2) is 56.6 Å². The van der Waals surface area contributed by atoms with Crippen molar-refractivity contribution >= 4 is 17.6 Å². The van der Waals surface area contributed by atoms with Crippen molar-refractivity contribution < 1.29 is 45.4 Å². The van der Waals surface area contributed by atoms with E-state index in [1.165, 1.54) is 29.2 Å². The predicted molar refractivity (Wildman–Crippen MR) is 149 cm³/mol. The van der Waals surface area contributed by atoms with E-state index in [4.69, 9.17) is 16.3 Å². The van der Waals surface area contributed by atoms with Gasteiger partial charge >= 0.3 is 18.3 Å². The largest absolute Gasteiger partial charge is 0.485 e. The first-order valence-electron chi connectivity index (χ1n) is 13.6. The van der Waals surface area contributed by atoms with Crippen LogP contribution in [0.5, 0.6) is 5.75 Å². The Morgan fingerprint density at radius 2 is 1.71 bits per heavy atom. The lowest BCUT2D eigenvalue weighted by molar-refractivity contribution is -0.148. The van der Waals surface area contributed by atoms with Crippen LogP contribution in [0.15, 0.2) is 60.8 Å². The molecule has 1 fully saturated rings. The van der Waals surface area contributed by atoms with Crippen molar-refractivity contribution in [2.45, 2.75) is 37.7 Å². The number of benzene rings is 2. The minimum Gasteiger partial charge on any atom is -0.485 e. The average molecular weight is 657 g/mol. The summed E-state index contributed by atoms with van der Waals surface area (Å²) in [5.41, 5.74) is -0.968. The summed E-state index contributed by atoms with van der Waals surface area (Å²) in [6.07, 6.45) is -7.58. The number of carbonyl (C=O) groups is 1. The number of carboxylic acid groups (broad SMARTS) is 1. The summed E-state index contributed by atoms with van der Waals surface area (Å²) in [5, 5.41) is 12.8. The SMILES string of the molecule is O=C(O)c1cnn(-c2cccc(-c3cc(Cl)cc(F)c3OCc3ccc(C4CCN(CC(F)(F)F)CC4)cc3)n2)c1C(F)(F)F. The Balaban J connectivity index is 1.35. The van der Waals surface area contributed by atoms with Gasteiger partial charge in [-0.2, -0.15) is 31.4 Å². The van der Waals surface area contributed by atoms with Gasteiger partial charge in [0.2, 0.25) is 0 Å². The summed E-state index contributed by atoms with van der Waals surface area (Å²) in [7, 11) is 0. The molecule has 2 aromatic heterocycles. The first kappa shape index (κ1) is 32.2. The molecule has 1 aliphatic heterocycles. The average Bonchev–Trinajstić information content (AvgIpc) is 3.43. The lowest BCUT2D eigenvalue weighted by Gasteiger charge is -2.32. The number of hydrogen-bond acceptors (Lipinski definition) is 5. The van der Waals surface area contributed by atoms with E-state index in [2.05, 4.69) is 10.1 Å². The molecule has 0 unspecified atom stereocenters. The maximum atomic E-state index is 15.1. The zero-order chi connectivity index (χ0) is 32.5. The zero-order valence-corrected chi connectivity index (χ0v) is 23.9. The van der Waals surface area contributed by atoms with Crippen LogP contribution < -0.4 is 4.74 Å². The van der Waals surface area contributed by atoms with Gasteiger partial charge in [-0.15, -0.1) is 0 Å². The summed E-state index contributed by atoms with van der Waals surface area (Å²) < 4.78 is 101. The molecule has 3 heterocycles. The predicted octanol–water partition coefficient (Wildman–Crippen LogP) is 7.76. The fourth-order valence-electron chi connectivity index (χ4n) is 5.26. The lowest BCUT2D eigenvalue weighted by atomic mass is 9.89. The van der Waals surface area contributed by atoms with E-state index < -0.39 is 41.9 Å². The van der Waals surface area contributed by atoms with Gasteiger partial charge in [-0.3, -0.25) is 4.90 Å². The van der Waals surface area contributed by atoms with E-state index in [9.17, 15) is 36.2 Å². The maximum Gasteiger partial charge on any atom is 0.434 e. The molecule has 0 radical (unpaired) electrons. The van der Waals surface area contributed by atoms with Crippen LogP contribution in [0.3, 0.4) is 0 Å². The number of halogens is 8. The lowest BCUT2D eigenvalue weighted by Crippen LogP contribution is -2.39. The van der Waals surface area contributed by atoms with Crippen LogP contribution >= 0.6 is 11.6 Å². The minimum atomic E-state index is -5.07. The molecule has 0 amide bonds. The smallest absolute Gasteiger partial charge is 0.434 e. The topological polar surface area (TPSA) is 80.5 Å². The normalized spacial score (nSPS) is 14.9. The van der Waals surface area contributed by atoms with Crippen molar-refractivity contribution in [1.82, 2.24) is 19.7 Å². The third kappa shape index (κ3) is 7.56. The number of ether oxygens (including phenoxy) is 1. The van der Waals surface area contributed by atoms with Crippen molar-refractivity contribution in [3.63, 3.8) is 0 Å². The molecule has 4 aromatic rings. The number of carboxylic acids is 1. The second-order valence-corrected chi connectivity index (χ2v) is 10.9. The van der Waals surface area contributed by atoms with Gasteiger partial charge < -0.3 is 9.84 Å². The van der Waals surface area contributed by atoms with Crippen LogP contribution in [-0.2, 0) is 12.8 Å². The summed E-state index contributed by atoms with van der Waals surface area (Å²) >= 11 is 6.09. The first-order chi connectivity index (χ1) is 21.2. The molecule has 15 heteroatoms. The van der Waals surface area contributed by atoms with Crippen molar-refractivity contribution in [3.8, 4) is 22.8 Å². The fourth-order valence-corrected chi connectivity index (χ4v) is 5.46. The summed E-state index contributed by atoms with van der Waals surface area (Å²) in [6, 6.07) is 13.5. The monoisotopic (exact) mass is 656 g/mol. The highest BCUT2D eigenvalue weighted by Crippen LogP contribution is 2.37. The number of aromatic carboxylic acids is 1. The van der Waals surface area contributed by atoms with Gasteiger partial charge in [0, 0.05) is 10.6 Å². The molecule has 238 valence electrons. The number of rotatable bonds is 8. The molecule has 0 saturated carbocycles. The molecule has 1 aliphatic rings. The van der Waals surface area contributed by atoms with E-state index in [-0.39, 0.29) is 40.4 Å². The van der Waals surface area contributed by atoms with Gasteiger partial charge in [-0.25, -0.2) is 18.9 Å². The number of piperidine rings is 1. The van der Waals surface area contributed by atoms with E-state index >= 15 is 4.39 Å². The molecule has 1 saturated heterocycles. The van der Waals surface area contributed by atoms with E-state index in [0.717, 1.165) is 11.6 Å². The summed E-state index contributed by atoms with van der Waals surface area (Å²) in [5.74, 6) is -3.22. The third-order valence-corrected chi connectivity index (χ3v) is 7.55. The molecule has 0 aliphatic carbocycles. The van der Waals surface area contributed by atoms with Gasteiger partial charge in [0.15, 0.2) is 23.1 Å². The van der Waals surface area contributed by atoms with Crippen molar-refractivity contribution in [2.75, 3.05) is 19.6 Å². The van der Waals surface area contributed by atoms with Gasteiger partial charge in [-0.05, 0) is 67.2 Å². The van der Waals surface area contributed by atoms with Crippen LogP contribution in [0, 0.1) is 5.82 Å². The second-order valence-electron chi connectivity index (χ2n) is 10.5. The second kappa shape index (κ2) is 12.7. The van der Waals surface area contributed by atoms with Crippen molar-refractivity contribution in [1.29, 1.82) is 0 Å². The summed E-state index contributed by atoms with van der Waals surface area (Å²) in [6.45, 7) is -0.361. The molecule has 1 N–H and O–H groups in total. The van der Waals surface area contributed by atoms with Gasteiger partial charge in [0.25, 0.3) is 0 Å². The number of hydrogen-bond donors (Lipinski definition) is 1. The number of likely N-dealkylation sites (tertiary alicyclic amines) is 1. The Kier molecular flexibility index (Phi) is 9.08. The van der Waals surface area contributed by atoms with Crippen molar-refractivity contribution in [3.05, 3.63) is 94.0 Å². The Morgan fingerprint density at radius 3 is 2.33 bits per heavy atom. The van der Waals surface area contributed by atoms with Gasteiger partial charge in [-0.1, -0.05) is 41.9 Å². The number of pyridine rings is 1. The highest BCUT2D eigenvalue weighted by Gasteiger charge is 2.41. The minimum absolute atomic E-state index is 0.0170. The Morgan fingerprint density at radius 1 is 1.02 bits per heavy atom. The van der Waals surface area contributed by atoms with Crippen LogP contribution in [0.4, 0.5) is 30.7 Å². The highest BCUT2D eigenvalue weighted by molar-refractivity contribution is 6.31. The van der Waals surface area contributed by atoms with Gasteiger partial charge in [0.05, 0.1) is 18.4 Å². The molecule has 45 heavy (non-hydrogen) atoms. The Labute approximate surface area is 256 Å². The molecule has 7 nitrogen and oxygen atoms in total. The number of nitrogens with zero attached hydrogens (tertiary/aromatic N) is 4. The fraction of sp³-hybridized carbons (Fsp3) is 0.300. The first-order valence-corrected chi connectivity index (χ1v) is 13.9. The Hall–Kier alpha value is -4.17. The molecule has 0 bridgehead atoms. The van der Waals surface area contributed by atoms with Crippen LogP contribution in [0.1, 0.15) is 45.9 Å². The Bertz CT molecular complexity index is 1680. The highest BCUT2D eigenvalue weighted by atomic mass is 35.5. The molecular formula is C30H24ClF7N4O3. The van der Waals surface area contributed by atoms with E-state index in [1.807, 2.05) is 12.1 Å². The number of alkyl halides is 6. The van der Waals surface area contributed by atoms with E-state index in [0.29, 0.717) is 42.4 Å². The number of aromatic nitrogens is 3. The zero-order valence-electron chi connectivity index (χ0n) is 23.2. The molecule has 5 rings (SSSR count). The summed E-state index contributed by atoms with van der Waals surface area (Å²) in [4.78, 5) is 17.0. The molecule has 0 atom stereocenters. The maximum absolute atomic E-state index is 15.1. The molecular weight excluding hydrogens is 633 g/mol. The molecule has 0 spiro atoms.